The maximum Gasteiger partial charge on any atom is 0.282 e. The van der Waals surface area contributed by atoms with Crippen molar-refractivity contribution in [1.82, 2.24) is 15.5 Å². The first-order valence-corrected chi connectivity index (χ1v) is 8.21. The number of nitrogens with one attached hydrogen (secondary N) is 2. The number of carbonyl (C=O) groups excluding carboxylic acids is 1. The van der Waals surface area contributed by atoms with Crippen LogP contribution in [0.1, 0.15) is 28.0 Å². The van der Waals surface area contributed by atoms with Crippen molar-refractivity contribution in [2.24, 2.45) is 0 Å². The van der Waals surface area contributed by atoms with E-state index in [4.69, 9.17) is 0 Å². The number of aromatic nitrogens is 2. The van der Waals surface area contributed by atoms with Crippen molar-refractivity contribution >= 4 is 49.6 Å². The van der Waals surface area contributed by atoms with Crippen molar-refractivity contribution in [1.29, 1.82) is 0 Å². The summed E-state index contributed by atoms with van der Waals surface area (Å²) in [6.07, 6.45) is 1.01. The molecule has 0 aromatic carbocycles. The molecule has 0 aliphatic heterocycles. The Labute approximate surface area is 127 Å². The van der Waals surface area contributed by atoms with Gasteiger partial charge in [0.25, 0.3) is 5.91 Å². The van der Waals surface area contributed by atoms with Crippen LogP contribution in [-0.2, 0) is 6.54 Å². The third-order valence-corrected chi connectivity index (χ3v) is 4.70. The van der Waals surface area contributed by atoms with E-state index in [1.807, 2.05) is 12.1 Å². The molecule has 0 spiro atoms. The highest BCUT2D eigenvalue weighted by molar-refractivity contribution is 9.11. The van der Waals surface area contributed by atoms with Crippen molar-refractivity contribution in [2.45, 2.75) is 19.9 Å². The molecule has 0 unspecified atom stereocenters. The van der Waals surface area contributed by atoms with E-state index < -0.39 is 0 Å². The number of amides is 1. The quantitative estimate of drug-likeness (QED) is 0.830. The molecule has 5 nitrogen and oxygen atoms in total. The second-order valence-corrected chi connectivity index (χ2v) is 7.25. The first-order valence-electron chi connectivity index (χ1n) is 5.79. The van der Waals surface area contributed by atoms with E-state index in [0.29, 0.717) is 16.7 Å². The SMILES string of the molecule is CCCNc1nnc(C(=O)NCc2ccc(Br)s2)s1. The first kappa shape index (κ1) is 14.4. The molecule has 8 heteroatoms. The lowest BCUT2D eigenvalue weighted by Gasteiger charge is -1.99. The second-order valence-electron chi connectivity index (χ2n) is 3.73. The summed E-state index contributed by atoms with van der Waals surface area (Å²) in [4.78, 5) is 13.0. The van der Waals surface area contributed by atoms with E-state index in [9.17, 15) is 4.79 Å². The second kappa shape index (κ2) is 6.97. The van der Waals surface area contributed by atoms with Crippen LogP contribution in [-0.4, -0.2) is 22.6 Å². The summed E-state index contributed by atoms with van der Waals surface area (Å²) in [5, 5.41) is 14.8. The summed E-state index contributed by atoms with van der Waals surface area (Å²) >= 11 is 6.26. The fourth-order valence-corrected chi connectivity index (χ4v) is 3.42. The van der Waals surface area contributed by atoms with E-state index >= 15 is 0 Å². The number of halogens is 1. The Morgan fingerprint density at radius 2 is 2.21 bits per heavy atom. The van der Waals surface area contributed by atoms with Gasteiger partial charge in [-0.15, -0.1) is 21.5 Å². The lowest BCUT2D eigenvalue weighted by atomic mass is 10.4. The van der Waals surface area contributed by atoms with Gasteiger partial charge in [-0.05, 0) is 34.5 Å². The molecule has 0 aliphatic rings. The molecule has 0 bridgehead atoms. The molecule has 19 heavy (non-hydrogen) atoms. The molecule has 0 saturated carbocycles. The normalized spacial score (nSPS) is 10.4. The minimum atomic E-state index is -0.188. The van der Waals surface area contributed by atoms with Gasteiger partial charge in [0, 0.05) is 11.4 Å². The zero-order valence-corrected chi connectivity index (χ0v) is 13.5. The Hall–Kier alpha value is -0.990. The Bertz CT molecular complexity index is 554. The topological polar surface area (TPSA) is 66.9 Å². The number of carbonyl (C=O) groups is 1. The van der Waals surface area contributed by atoms with Crippen LogP contribution >= 0.6 is 38.6 Å². The maximum atomic E-state index is 11.9. The lowest BCUT2D eigenvalue weighted by molar-refractivity contribution is 0.0950. The molecule has 102 valence electrons. The van der Waals surface area contributed by atoms with Gasteiger partial charge in [-0.2, -0.15) is 0 Å². The third kappa shape index (κ3) is 4.26. The van der Waals surface area contributed by atoms with Crippen molar-refractivity contribution in [3.8, 4) is 0 Å². The Morgan fingerprint density at radius 3 is 2.89 bits per heavy atom. The van der Waals surface area contributed by atoms with Crippen molar-refractivity contribution in [3.63, 3.8) is 0 Å². The molecule has 0 fully saturated rings. The number of hydrogen-bond acceptors (Lipinski definition) is 6. The number of rotatable bonds is 6. The zero-order chi connectivity index (χ0) is 13.7. The van der Waals surface area contributed by atoms with E-state index in [2.05, 4.69) is 43.7 Å². The number of hydrogen-bond donors (Lipinski definition) is 2. The van der Waals surface area contributed by atoms with E-state index in [-0.39, 0.29) is 5.91 Å². The summed E-state index contributed by atoms with van der Waals surface area (Å²) in [5.74, 6) is -0.188. The molecule has 2 aromatic heterocycles. The summed E-state index contributed by atoms with van der Waals surface area (Å²) < 4.78 is 1.05. The largest absolute Gasteiger partial charge is 0.360 e. The minimum absolute atomic E-state index is 0.188. The number of anilines is 1. The van der Waals surface area contributed by atoms with Gasteiger partial charge in [-0.25, -0.2) is 0 Å². The van der Waals surface area contributed by atoms with Crippen LogP contribution in [0.15, 0.2) is 15.9 Å². The number of thiophene rings is 1. The lowest BCUT2D eigenvalue weighted by Crippen LogP contribution is -2.22. The van der Waals surface area contributed by atoms with E-state index in [0.717, 1.165) is 21.6 Å². The highest BCUT2D eigenvalue weighted by Gasteiger charge is 2.12. The molecule has 1 amide bonds. The Balaban J connectivity index is 1.87. The zero-order valence-electron chi connectivity index (χ0n) is 10.3. The smallest absolute Gasteiger partial charge is 0.282 e. The first-order chi connectivity index (χ1) is 9.19. The highest BCUT2D eigenvalue weighted by atomic mass is 79.9. The van der Waals surface area contributed by atoms with Gasteiger partial charge in [-0.1, -0.05) is 18.3 Å². The molecule has 0 atom stereocenters. The molecule has 2 N–H and O–H groups in total. The molecule has 0 aliphatic carbocycles. The monoisotopic (exact) mass is 360 g/mol. The van der Waals surface area contributed by atoms with Crippen molar-refractivity contribution < 1.29 is 4.79 Å². The van der Waals surface area contributed by atoms with Crippen LogP contribution in [0, 0.1) is 0 Å². The van der Waals surface area contributed by atoms with Gasteiger partial charge in [0.05, 0.1) is 10.3 Å². The summed E-state index contributed by atoms with van der Waals surface area (Å²) in [7, 11) is 0. The van der Waals surface area contributed by atoms with E-state index in [1.54, 1.807) is 11.3 Å². The van der Waals surface area contributed by atoms with Crippen LogP contribution in [0.25, 0.3) is 0 Å². The average Bonchev–Trinajstić information content (AvgIpc) is 3.02. The van der Waals surface area contributed by atoms with Crippen LogP contribution < -0.4 is 10.6 Å². The Kier molecular flexibility index (Phi) is 5.29. The van der Waals surface area contributed by atoms with Gasteiger partial charge >= 0.3 is 0 Å². The van der Waals surface area contributed by atoms with Crippen LogP contribution in [0.4, 0.5) is 5.13 Å². The van der Waals surface area contributed by atoms with Gasteiger partial charge in [0.2, 0.25) is 10.1 Å². The molecule has 2 rings (SSSR count). The number of nitrogens with zero attached hydrogens (tertiary/aromatic N) is 2. The third-order valence-electron chi connectivity index (χ3n) is 2.20. The van der Waals surface area contributed by atoms with Crippen LogP contribution in [0.2, 0.25) is 0 Å². The van der Waals surface area contributed by atoms with Gasteiger partial charge < -0.3 is 10.6 Å². The molecular weight excluding hydrogens is 348 g/mol. The molecule has 0 radical (unpaired) electrons. The predicted octanol–water partition coefficient (Wildman–Crippen LogP) is 3.11. The fraction of sp³-hybridized carbons (Fsp3) is 0.364. The summed E-state index contributed by atoms with van der Waals surface area (Å²) in [5.41, 5.74) is 0. The molecule has 2 aromatic rings. The van der Waals surface area contributed by atoms with Gasteiger partial charge in [0.1, 0.15) is 0 Å². The molecule has 0 saturated heterocycles. The molecular formula is C11H13BrN4OS2. The Morgan fingerprint density at radius 1 is 1.37 bits per heavy atom. The highest BCUT2D eigenvalue weighted by Crippen LogP contribution is 2.22. The van der Waals surface area contributed by atoms with E-state index in [1.165, 1.54) is 11.3 Å². The van der Waals surface area contributed by atoms with Crippen LogP contribution in [0.3, 0.4) is 0 Å². The summed E-state index contributed by atoms with van der Waals surface area (Å²) in [6, 6.07) is 3.94. The summed E-state index contributed by atoms with van der Waals surface area (Å²) in [6.45, 7) is 3.41. The average molecular weight is 361 g/mol. The standard InChI is InChI=1S/C11H13BrN4OS2/c1-2-5-13-11-16-15-10(19-11)9(17)14-6-7-3-4-8(12)18-7/h3-4H,2,5-6H2,1H3,(H,13,16)(H,14,17). The maximum absolute atomic E-state index is 11.9. The van der Waals surface area contributed by atoms with Crippen LogP contribution in [0.5, 0.6) is 0 Å². The fourth-order valence-electron chi connectivity index (χ4n) is 1.31. The molecule has 2 heterocycles. The van der Waals surface area contributed by atoms with Crippen molar-refractivity contribution in [2.75, 3.05) is 11.9 Å². The predicted molar refractivity (Wildman–Crippen MR) is 81.9 cm³/mol. The minimum Gasteiger partial charge on any atom is -0.360 e. The van der Waals surface area contributed by atoms with Gasteiger partial charge in [0.15, 0.2) is 0 Å². The van der Waals surface area contributed by atoms with Gasteiger partial charge in [-0.3, -0.25) is 4.79 Å². The van der Waals surface area contributed by atoms with Crippen molar-refractivity contribution in [3.05, 3.63) is 25.8 Å².